The van der Waals surface area contributed by atoms with Crippen LogP contribution in [-0.2, 0) is 0 Å². The summed E-state index contributed by atoms with van der Waals surface area (Å²) in [4.78, 5) is 16.3. The van der Waals surface area contributed by atoms with Gasteiger partial charge in [0, 0.05) is 16.1 Å². The molecule has 21 heavy (non-hydrogen) atoms. The molecule has 3 aromatic rings. The molecule has 0 N–H and O–H groups in total. The van der Waals surface area contributed by atoms with Crippen molar-refractivity contribution in [1.29, 1.82) is 0 Å². The van der Waals surface area contributed by atoms with Crippen LogP contribution in [0.3, 0.4) is 0 Å². The molecule has 6 heteroatoms. The Morgan fingerprint density at radius 3 is 2.48 bits per heavy atom. The Kier molecular flexibility index (Phi) is 3.73. The van der Waals surface area contributed by atoms with E-state index in [4.69, 9.17) is 23.2 Å². The van der Waals surface area contributed by atoms with Gasteiger partial charge in [-0.1, -0.05) is 23.2 Å². The highest BCUT2D eigenvalue weighted by atomic mass is 35.5. The van der Waals surface area contributed by atoms with Gasteiger partial charge >= 0.3 is 0 Å². The third-order valence-corrected chi connectivity index (χ3v) is 3.55. The minimum absolute atomic E-state index is 0.173. The SMILES string of the molecule is O=C(c1ccc(-n2cncn2)cc1)c1cc(Cl)ccc1Cl. The molecule has 0 saturated carbocycles. The Morgan fingerprint density at radius 1 is 1.05 bits per heavy atom. The van der Waals surface area contributed by atoms with Crippen molar-refractivity contribution in [3.63, 3.8) is 0 Å². The van der Waals surface area contributed by atoms with Gasteiger partial charge in [0.25, 0.3) is 0 Å². The number of hydrogen-bond donors (Lipinski definition) is 0. The summed E-state index contributed by atoms with van der Waals surface area (Å²) >= 11 is 12.0. The van der Waals surface area contributed by atoms with E-state index in [9.17, 15) is 4.79 Å². The van der Waals surface area contributed by atoms with Crippen LogP contribution in [0, 0.1) is 0 Å². The predicted octanol–water partition coefficient (Wildman–Crippen LogP) is 3.81. The van der Waals surface area contributed by atoms with Crippen LogP contribution in [0.15, 0.2) is 55.1 Å². The number of benzene rings is 2. The monoisotopic (exact) mass is 317 g/mol. The smallest absolute Gasteiger partial charge is 0.194 e. The van der Waals surface area contributed by atoms with Gasteiger partial charge in [-0.05, 0) is 42.5 Å². The van der Waals surface area contributed by atoms with Gasteiger partial charge in [0.15, 0.2) is 5.78 Å². The van der Waals surface area contributed by atoms with Crippen LogP contribution in [0.2, 0.25) is 10.0 Å². The fourth-order valence-corrected chi connectivity index (χ4v) is 2.31. The second kappa shape index (κ2) is 5.68. The zero-order valence-electron chi connectivity index (χ0n) is 10.7. The number of carbonyl (C=O) groups excluding carboxylic acids is 1. The molecular weight excluding hydrogens is 309 g/mol. The summed E-state index contributed by atoms with van der Waals surface area (Å²) in [5.41, 5.74) is 1.74. The number of ketones is 1. The van der Waals surface area contributed by atoms with Crippen molar-refractivity contribution in [3.05, 3.63) is 76.3 Å². The fourth-order valence-electron chi connectivity index (χ4n) is 1.93. The van der Waals surface area contributed by atoms with Gasteiger partial charge in [0.05, 0.1) is 10.7 Å². The third kappa shape index (κ3) is 2.82. The predicted molar refractivity (Wildman–Crippen MR) is 81.3 cm³/mol. The summed E-state index contributed by atoms with van der Waals surface area (Å²) in [5.74, 6) is -0.173. The molecule has 4 nitrogen and oxygen atoms in total. The molecule has 1 aromatic heterocycles. The van der Waals surface area contributed by atoms with E-state index in [1.807, 2.05) is 0 Å². The summed E-state index contributed by atoms with van der Waals surface area (Å²) in [6, 6.07) is 11.8. The van der Waals surface area contributed by atoms with Gasteiger partial charge in [-0.2, -0.15) is 5.10 Å². The molecule has 2 aromatic carbocycles. The quantitative estimate of drug-likeness (QED) is 0.690. The highest BCUT2D eigenvalue weighted by Crippen LogP contribution is 2.23. The molecule has 0 spiro atoms. The molecule has 0 fully saturated rings. The molecule has 104 valence electrons. The first-order valence-electron chi connectivity index (χ1n) is 6.10. The van der Waals surface area contributed by atoms with E-state index < -0.39 is 0 Å². The lowest BCUT2D eigenvalue weighted by Gasteiger charge is -2.06. The van der Waals surface area contributed by atoms with Crippen molar-refractivity contribution >= 4 is 29.0 Å². The van der Waals surface area contributed by atoms with Gasteiger partial charge in [0.2, 0.25) is 0 Å². The first-order valence-corrected chi connectivity index (χ1v) is 6.85. The molecule has 0 aliphatic rings. The summed E-state index contributed by atoms with van der Waals surface area (Å²) < 4.78 is 1.61. The fraction of sp³-hybridized carbons (Fsp3) is 0. The van der Waals surface area contributed by atoms with Crippen molar-refractivity contribution < 1.29 is 4.79 Å². The largest absolute Gasteiger partial charge is 0.289 e. The second-order valence-corrected chi connectivity index (χ2v) is 5.18. The van der Waals surface area contributed by atoms with Crippen molar-refractivity contribution in [2.24, 2.45) is 0 Å². The molecule has 0 unspecified atom stereocenters. The average Bonchev–Trinajstić information content (AvgIpc) is 3.03. The van der Waals surface area contributed by atoms with Crippen molar-refractivity contribution in [3.8, 4) is 5.69 Å². The third-order valence-electron chi connectivity index (χ3n) is 2.99. The van der Waals surface area contributed by atoms with E-state index in [0.717, 1.165) is 5.69 Å². The van der Waals surface area contributed by atoms with Gasteiger partial charge in [0.1, 0.15) is 12.7 Å². The number of aromatic nitrogens is 3. The summed E-state index contributed by atoms with van der Waals surface area (Å²) in [7, 11) is 0. The summed E-state index contributed by atoms with van der Waals surface area (Å²) in [6.45, 7) is 0. The minimum Gasteiger partial charge on any atom is -0.289 e. The number of carbonyl (C=O) groups is 1. The van der Waals surface area contributed by atoms with E-state index in [0.29, 0.717) is 21.2 Å². The van der Waals surface area contributed by atoms with Gasteiger partial charge in [-0.3, -0.25) is 4.79 Å². The number of nitrogens with zero attached hydrogens (tertiary/aromatic N) is 3. The second-order valence-electron chi connectivity index (χ2n) is 4.34. The molecule has 0 bridgehead atoms. The first kappa shape index (κ1) is 13.8. The maximum Gasteiger partial charge on any atom is 0.194 e. The van der Waals surface area contributed by atoms with Crippen LogP contribution >= 0.6 is 23.2 Å². The zero-order chi connectivity index (χ0) is 14.8. The van der Waals surface area contributed by atoms with Crippen molar-refractivity contribution in [2.75, 3.05) is 0 Å². The molecule has 0 radical (unpaired) electrons. The van der Waals surface area contributed by atoms with E-state index in [2.05, 4.69) is 10.1 Å². The van der Waals surface area contributed by atoms with Gasteiger partial charge < -0.3 is 0 Å². The average molecular weight is 318 g/mol. The lowest BCUT2D eigenvalue weighted by atomic mass is 10.0. The lowest BCUT2D eigenvalue weighted by Crippen LogP contribution is -2.03. The first-order chi connectivity index (χ1) is 10.1. The molecule has 1 heterocycles. The van der Waals surface area contributed by atoms with Gasteiger partial charge in [-0.25, -0.2) is 9.67 Å². The van der Waals surface area contributed by atoms with E-state index >= 15 is 0 Å². The van der Waals surface area contributed by atoms with E-state index in [-0.39, 0.29) is 5.78 Å². The van der Waals surface area contributed by atoms with E-state index in [1.54, 1.807) is 53.5 Å². The lowest BCUT2D eigenvalue weighted by molar-refractivity contribution is 0.103. The molecule has 0 saturated heterocycles. The van der Waals surface area contributed by atoms with Crippen LogP contribution in [0.5, 0.6) is 0 Å². The zero-order valence-corrected chi connectivity index (χ0v) is 12.2. The van der Waals surface area contributed by atoms with Crippen LogP contribution < -0.4 is 0 Å². The van der Waals surface area contributed by atoms with Gasteiger partial charge in [-0.15, -0.1) is 0 Å². The van der Waals surface area contributed by atoms with Crippen LogP contribution in [0.4, 0.5) is 0 Å². The number of rotatable bonds is 3. The highest BCUT2D eigenvalue weighted by molar-refractivity contribution is 6.36. The molecule has 0 atom stereocenters. The summed E-state index contributed by atoms with van der Waals surface area (Å²) in [6.07, 6.45) is 3.04. The topological polar surface area (TPSA) is 47.8 Å². The van der Waals surface area contributed by atoms with Crippen LogP contribution in [0.1, 0.15) is 15.9 Å². The highest BCUT2D eigenvalue weighted by Gasteiger charge is 2.13. The molecule has 3 rings (SSSR count). The minimum atomic E-state index is -0.173. The maximum absolute atomic E-state index is 12.4. The Balaban J connectivity index is 1.93. The Morgan fingerprint density at radius 2 is 1.81 bits per heavy atom. The molecule has 0 aliphatic carbocycles. The number of halogens is 2. The maximum atomic E-state index is 12.4. The Labute approximate surface area is 131 Å². The molecule has 0 aliphatic heterocycles. The summed E-state index contributed by atoms with van der Waals surface area (Å²) in [5, 5.41) is 4.88. The van der Waals surface area contributed by atoms with E-state index in [1.165, 1.54) is 6.33 Å². The van der Waals surface area contributed by atoms with Crippen molar-refractivity contribution in [2.45, 2.75) is 0 Å². The normalized spacial score (nSPS) is 10.6. The Bertz CT molecular complexity index is 783. The van der Waals surface area contributed by atoms with Crippen LogP contribution in [-0.4, -0.2) is 20.5 Å². The standard InChI is InChI=1S/C15H9Cl2N3O/c16-11-3-6-14(17)13(7-11)15(21)10-1-4-12(5-2-10)20-9-18-8-19-20/h1-9H. The van der Waals surface area contributed by atoms with Crippen LogP contribution in [0.25, 0.3) is 5.69 Å². The molecule has 0 amide bonds. The Hall–Kier alpha value is -2.17. The van der Waals surface area contributed by atoms with Crippen molar-refractivity contribution in [1.82, 2.24) is 14.8 Å². The molecular formula is C15H9Cl2N3O. The number of hydrogen-bond acceptors (Lipinski definition) is 3.